The molecule has 0 saturated carbocycles. The molecule has 0 spiro atoms. The highest BCUT2D eigenvalue weighted by atomic mass is 79.9. The molecule has 1 aromatic heterocycles. The maximum atomic E-state index is 12.6. The van der Waals surface area contributed by atoms with Crippen LogP contribution in [0.25, 0.3) is 0 Å². The number of benzene rings is 1. The van der Waals surface area contributed by atoms with Crippen LogP contribution in [0.1, 0.15) is 42.2 Å². The smallest absolute Gasteiger partial charge is 0.303 e. The summed E-state index contributed by atoms with van der Waals surface area (Å²) in [6.45, 7) is 0. The molecule has 1 N–H and O–H groups in total. The van der Waals surface area contributed by atoms with Gasteiger partial charge in [0.1, 0.15) is 0 Å². The normalized spacial score (nSPS) is 16.8. The summed E-state index contributed by atoms with van der Waals surface area (Å²) < 4.78 is 0.980. The topological polar surface area (TPSA) is 70.0 Å². The summed E-state index contributed by atoms with van der Waals surface area (Å²) in [6.07, 6.45) is 1.15. The molecule has 5 nitrogen and oxygen atoms in total. The third-order valence-corrected chi connectivity index (χ3v) is 5.46. The Labute approximate surface area is 158 Å². The van der Waals surface area contributed by atoms with Crippen molar-refractivity contribution in [3.63, 3.8) is 0 Å². The summed E-state index contributed by atoms with van der Waals surface area (Å²) in [5, 5.41) is 16.8. The van der Waals surface area contributed by atoms with Gasteiger partial charge in [-0.2, -0.15) is 5.10 Å². The first kappa shape index (κ1) is 17.8. The Morgan fingerprint density at radius 3 is 2.64 bits per heavy atom. The van der Waals surface area contributed by atoms with E-state index >= 15 is 0 Å². The molecule has 0 bridgehead atoms. The molecule has 1 aliphatic heterocycles. The molecule has 2 aromatic rings. The van der Waals surface area contributed by atoms with Gasteiger partial charge in [-0.25, -0.2) is 5.01 Å². The average Bonchev–Trinajstić information content (AvgIpc) is 3.24. The highest BCUT2D eigenvalue weighted by Gasteiger charge is 2.33. The van der Waals surface area contributed by atoms with Crippen molar-refractivity contribution < 1.29 is 14.7 Å². The molecule has 2 heterocycles. The zero-order chi connectivity index (χ0) is 17.8. The molecular formula is C18H17BrN2O3S. The van der Waals surface area contributed by atoms with E-state index in [1.54, 1.807) is 11.3 Å². The van der Waals surface area contributed by atoms with Crippen molar-refractivity contribution in [2.75, 3.05) is 0 Å². The fourth-order valence-corrected chi connectivity index (χ4v) is 3.77. The van der Waals surface area contributed by atoms with Gasteiger partial charge < -0.3 is 5.11 Å². The van der Waals surface area contributed by atoms with Crippen LogP contribution in [0, 0.1) is 0 Å². The Morgan fingerprint density at radius 2 is 2.00 bits per heavy atom. The van der Waals surface area contributed by atoms with Gasteiger partial charge in [0.2, 0.25) is 5.91 Å². The Balaban J connectivity index is 1.81. The first-order valence-corrected chi connectivity index (χ1v) is 9.62. The lowest BCUT2D eigenvalue weighted by Gasteiger charge is -2.22. The van der Waals surface area contributed by atoms with Crippen molar-refractivity contribution in [1.82, 2.24) is 5.01 Å². The van der Waals surface area contributed by atoms with E-state index in [0.29, 0.717) is 12.8 Å². The first-order chi connectivity index (χ1) is 12.0. The summed E-state index contributed by atoms with van der Waals surface area (Å²) in [5.41, 5.74) is 1.92. The van der Waals surface area contributed by atoms with Crippen LogP contribution >= 0.6 is 27.3 Å². The van der Waals surface area contributed by atoms with Crippen LogP contribution in [-0.2, 0) is 9.59 Å². The quantitative estimate of drug-likeness (QED) is 0.750. The van der Waals surface area contributed by atoms with Crippen LogP contribution in [0.2, 0.25) is 0 Å². The van der Waals surface area contributed by atoms with Gasteiger partial charge in [0.15, 0.2) is 0 Å². The maximum absolute atomic E-state index is 12.6. The number of halogens is 1. The molecule has 3 rings (SSSR count). The number of amides is 1. The van der Waals surface area contributed by atoms with E-state index in [2.05, 4.69) is 21.0 Å². The molecule has 0 radical (unpaired) electrons. The molecule has 0 aliphatic carbocycles. The summed E-state index contributed by atoms with van der Waals surface area (Å²) in [5.74, 6) is -1.03. The molecule has 0 saturated heterocycles. The maximum Gasteiger partial charge on any atom is 0.303 e. The van der Waals surface area contributed by atoms with Crippen LogP contribution in [0.3, 0.4) is 0 Å². The van der Waals surface area contributed by atoms with Gasteiger partial charge in [-0.15, -0.1) is 11.3 Å². The number of carboxylic acids is 1. The summed E-state index contributed by atoms with van der Waals surface area (Å²) in [4.78, 5) is 24.3. The van der Waals surface area contributed by atoms with Crippen LogP contribution in [-0.4, -0.2) is 27.7 Å². The van der Waals surface area contributed by atoms with E-state index < -0.39 is 5.97 Å². The molecule has 1 atom stereocenters. The molecule has 25 heavy (non-hydrogen) atoms. The second-order valence-electron chi connectivity index (χ2n) is 5.78. The number of carbonyl (C=O) groups excluding carboxylic acids is 1. The minimum absolute atomic E-state index is 0.00989. The number of aliphatic carboxylic acids is 1. The van der Waals surface area contributed by atoms with E-state index in [4.69, 9.17) is 5.11 Å². The van der Waals surface area contributed by atoms with Crippen LogP contribution in [0.5, 0.6) is 0 Å². The number of hydrogen-bond acceptors (Lipinski definition) is 4. The van der Waals surface area contributed by atoms with E-state index in [1.165, 1.54) is 5.01 Å². The van der Waals surface area contributed by atoms with E-state index in [9.17, 15) is 9.59 Å². The third-order valence-electron chi connectivity index (χ3n) is 4.01. The molecule has 1 amide bonds. The van der Waals surface area contributed by atoms with Gasteiger partial charge in [-0.1, -0.05) is 34.1 Å². The van der Waals surface area contributed by atoms with E-state index in [-0.39, 0.29) is 24.8 Å². The van der Waals surface area contributed by atoms with Gasteiger partial charge in [-0.05, 0) is 35.6 Å². The molecular weight excluding hydrogens is 404 g/mol. The Kier molecular flexibility index (Phi) is 5.65. The van der Waals surface area contributed by atoms with Gasteiger partial charge in [0.05, 0.1) is 16.6 Å². The number of thiophene rings is 1. The molecule has 0 unspecified atom stereocenters. The van der Waals surface area contributed by atoms with E-state index in [0.717, 1.165) is 20.6 Å². The Bertz CT molecular complexity index is 787. The van der Waals surface area contributed by atoms with Crippen molar-refractivity contribution >= 4 is 44.9 Å². The number of carboxylic acid groups (broad SMARTS) is 1. The van der Waals surface area contributed by atoms with Crippen molar-refractivity contribution in [3.05, 3.63) is 56.7 Å². The predicted molar refractivity (Wildman–Crippen MR) is 101 cm³/mol. The molecule has 7 heteroatoms. The van der Waals surface area contributed by atoms with Crippen molar-refractivity contribution in [3.8, 4) is 0 Å². The zero-order valence-corrected chi connectivity index (χ0v) is 15.8. The summed E-state index contributed by atoms with van der Waals surface area (Å²) in [6, 6.07) is 11.7. The number of nitrogens with zero attached hydrogens (tertiary/aromatic N) is 2. The lowest BCUT2D eigenvalue weighted by molar-refractivity contribution is -0.137. The third kappa shape index (κ3) is 4.35. The molecule has 130 valence electrons. The summed E-state index contributed by atoms with van der Waals surface area (Å²) >= 11 is 5.03. The van der Waals surface area contributed by atoms with Crippen LogP contribution in [0.4, 0.5) is 0 Å². The first-order valence-electron chi connectivity index (χ1n) is 7.95. The predicted octanol–water partition coefficient (Wildman–Crippen LogP) is 4.44. The monoisotopic (exact) mass is 420 g/mol. The molecule has 1 aliphatic rings. The van der Waals surface area contributed by atoms with Crippen molar-refractivity contribution in [2.45, 2.75) is 31.7 Å². The molecule has 0 fully saturated rings. The second-order valence-corrected chi connectivity index (χ2v) is 7.64. The lowest BCUT2D eigenvalue weighted by Crippen LogP contribution is -2.27. The van der Waals surface area contributed by atoms with Crippen molar-refractivity contribution in [1.29, 1.82) is 0 Å². The highest BCUT2D eigenvalue weighted by Crippen LogP contribution is 2.34. The Hall–Kier alpha value is -1.99. The zero-order valence-electron chi connectivity index (χ0n) is 13.4. The van der Waals surface area contributed by atoms with Crippen LogP contribution in [0.15, 0.2) is 51.4 Å². The minimum atomic E-state index is -0.888. The average molecular weight is 421 g/mol. The molecule has 1 aromatic carbocycles. The number of carbonyl (C=O) groups is 2. The summed E-state index contributed by atoms with van der Waals surface area (Å²) in [7, 11) is 0. The number of hydrazone groups is 1. The Morgan fingerprint density at radius 1 is 1.24 bits per heavy atom. The van der Waals surface area contributed by atoms with Crippen LogP contribution < -0.4 is 0 Å². The van der Waals surface area contributed by atoms with Gasteiger partial charge in [-0.3, -0.25) is 9.59 Å². The largest absolute Gasteiger partial charge is 0.481 e. The van der Waals surface area contributed by atoms with E-state index in [1.807, 2.05) is 41.8 Å². The second kappa shape index (κ2) is 7.93. The fraction of sp³-hybridized carbons (Fsp3) is 0.278. The van der Waals surface area contributed by atoms with Crippen molar-refractivity contribution in [2.24, 2.45) is 5.10 Å². The highest BCUT2D eigenvalue weighted by molar-refractivity contribution is 9.10. The lowest BCUT2D eigenvalue weighted by atomic mass is 10.0. The van der Waals surface area contributed by atoms with Gasteiger partial charge >= 0.3 is 5.97 Å². The van der Waals surface area contributed by atoms with Gasteiger partial charge in [0.25, 0.3) is 0 Å². The SMILES string of the molecule is O=C(O)CCCC(=O)N1N=C(c2cccs2)C[C@@H]1c1ccc(Br)cc1. The standard InChI is InChI=1S/C18H17BrN2O3S/c19-13-8-6-12(7-9-13)15-11-14(16-3-2-10-25-16)20-21(15)17(22)4-1-5-18(23)24/h2-3,6-10,15H,1,4-5,11H2,(H,23,24)/t15-/m1/s1. The minimum Gasteiger partial charge on any atom is -0.481 e. The number of hydrogen-bond donors (Lipinski definition) is 1. The number of rotatable bonds is 6. The van der Waals surface area contributed by atoms with Gasteiger partial charge in [0, 0.05) is 23.7 Å². The fourth-order valence-electron chi connectivity index (χ4n) is 2.78.